The summed E-state index contributed by atoms with van der Waals surface area (Å²) in [5, 5.41) is 3.32. The molecule has 0 saturated carbocycles. The Hall–Kier alpha value is -0.510. The van der Waals surface area contributed by atoms with Gasteiger partial charge in [0, 0.05) is 13.0 Å². The highest BCUT2D eigenvalue weighted by molar-refractivity contribution is 5.85. The van der Waals surface area contributed by atoms with Crippen molar-refractivity contribution < 1.29 is 9.15 Å². The maximum absolute atomic E-state index is 5.59. The van der Waals surface area contributed by atoms with Crippen LogP contribution in [0.15, 0.2) is 22.8 Å². The molecule has 1 fully saturated rings. The number of halogens is 1. The summed E-state index contributed by atoms with van der Waals surface area (Å²) in [6, 6.07) is 3.88. The summed E-state index contributed by atoms with van der Waals surface area (Å²) in [7, 11) is 0. The molecule has 0 amide bonds. The van der Waals surface area contributed by atoms with Gasteiger partial charge in [-0.2, -0.15) is 0 Å². The van der Waals surface area contributed by atoms with E-state index in [4.69, 9.17) is 9.15 Å². The summed E-state index contributed by atoms with van der Waals surface area (Å²) in [6.45, 7) is 4.06. The van der Waals surface area contributed by atoms with E-state index in [1.807, 2.05) is 12.1 Å². The van der Waals surface area contributed by atoms with Crippen LogP contribution in [0.25, 0.3) is 0 Å². The molecule has 14 heavy (non-hydrogen) atoms. The Morgan fingerprint density at radius 2 is 2.43 bits per heavy atom. The van der Waals surface area contributed by atoms with Crippen molar-refractivity contribution in [2.45, 2.75) is 19.6 Å². The highest BCUT2D eigenvalue weighted by Gasteiger charge is 2.18. The van der Waals surface area contributed by atoms with Crippen molar-refractivity contribution in [2.75, 3.05) is 13.2 Å². The van der Waals surface area contributed by atoms with Gasteiger partial charge in [0.05, 0.1) is 12.9 Å². The van der Waals surface area contributed by atoms with Crippen molar-refractivity contribution in [3.05, 3.63) is 24.2 Å². The van der Waals surface area contributed by atoms with Crippen LogP contribution in [0.4, 0.5) is 0 Å². The first kappa shape index (κ1) is 11.6. The second-order valence-corrected chi connectivity index (χ2v) is 3.62. The largest absolute Gasteiger partial charge is 0.469 e. The van der Waals surface area contributed by atoms with Gasteiger partial charge in [0.1, 0.15) is 12.0 Å². The first-order valence-corrected chi connectivity index (χ1v) is 4.72. The van der Waals surface area contributed by atoms with E-state index in [1.54, 1.807) is 6.26 Å². The van der Waals surface area contributed by atoms with Gasteiger partial charge in [-0.1, -0.05) is 6.92 Å². The van der Waals surface area contributed by atoms with Gasteiger partial charge in [0.2, 0.25) is 0 Å². The van der Waals surface area contributed by atoms with Crippen molar-refractivity contribution in [2.24, 2.45) is 5.92 Å². The average molecular weight is 218 g/mol. The smallest absolute Gasteiger partial charge is 0.115 e. The third-order valence-corrected chi connectivity index (χ3v) is 2.24. The van der Waals surface area contributed by atoms with Gasteiger partial charge in [-0.25, -0.2) is 0 Å². The second kappa shape index (κ2) is 5.39. The number of ether oxygens (including phenoxy) is 1. The third-order valence-electron chi connectivity index (χ3n) is 2.24. The van der Waals surface area contributed by atoms with E-state index < -0.39 is 0 Å². The van der Waals surface area contributed by atoms with Gasteiger partial charge in [0.25, 0.3) is 0 Å². The zero-order valence-electron chi connectivity index (χ0n) is 8.23. The molecule has 1 N–H and O–H groups in total. The molecule has 2 unspecified atom stereocenters. The minimum atomic E-state index is 0. The minimum Gasteiger partial charge on any atom is -0.469 e. The quantitative estimate of drug-likeness (QED) is 0.821. The molecule has 1 aliphatic heterocycles. The Morgan fingerprint density at radius 3 is 3.00 bits per heavy atom. The summed E-state index contributed by atoms with van der Waals surface area (Å²) < 4.78 is 10.8. The van der Waals surface area contributed by atoms with Gasteiger partial charge in [-0.15, -0.1) is 12.4 Å². The molecule has 0 aliphatic carbocycles. The SMILES string of the molecule is CC1CNC(Cc2ccco2)OC1.Cl. The summed E-state index contributed by atoms with van der Waals surface area (Å²) in [5.41, 5.74) is 0. The van der Waals surface area contributed by atoms with Crippen LogP contribution >= 0.6 is 12.4 Å². The lowest BCUT2D eigenvalue weighted by Crippen LogP contribution is -2.43. The molecule has 0 bridgehead atoms. The summed E-state index contributed by atoms with van der Waals surface area (Å²) >= 11 is 0. The average Bonchev–Trinajstić information content (AvgIpc) is 2.62. The maximum atomic E-state index is 5.59. The first-order valence-electron chi connectivity index (χ1n) is 4.72. The van der Waals surface area contributed by atoms with Crippen LogP contribution in [0.3, 0.4) is 0 Å². The zero-order valence-corrected chi connectivity index (χ0v) is 9.05. The fourth-order valence-corrected chi connectivity index (χ4v) is 1.47. The highest BCUT2D eigenvalue weighted by atomic mass is 35.5. The lowest BCUT2D eigenvalue weighted by atomic mass is 10.1. The normalized spacial score (nSPS) is 26.9. The Morgan fingerprint density at radius 1 is 1.57 bits per heavy atom. The molecule has 1 aromatic heterocycles. The minimum absolute atomic E-state index is 0. The fourth-order valence-electron chi connectivity index (χ4n) is 1.47. The number of hydrogen-bond donors (Lipinski definition) is 1. The van der Waals surface area contributed by atoms with Crippen LogP contribution in [0, 0.1) is 5.92 Å². The van der Waals surface area contributed by atoms with E-state index in [2.05, 4.69) is 12.2 Å². The predicted molar refractivity (Wildman–Crippen MR) is 56.6 cm³/mol. The number of hydrogen-bond acceptors (Lipinski definition) is 3. The monoisotopic (exact) mass is 217 g/mol. The molecule has 1 aliphatic rings. The highest BCUT2D eigenvalue weighted by Crippen LogP contribution is 2.10. The topological polar surface area (TPSA) is 34.4 Å². The lowest BCUT2D eigenvalue weighted by molar-refractivity contribution is -0.0251. The van der Waals surface area contributed by atoms with Crippen LogP contribution in [-0.4, -0.2) is 19.4 Å². The second-order valence-electron chi connectivity index (χ2n) is 3.62. The molecule has 1 aromatic rings. The van der Waals surface area contributed by atoms with Gasteiger partial charge in [-0.3, -0.25) is 5.32 Å². The van der Waals surface area contributed by atoms with Crippen LogP contribution in [0.5, 0.6) is 0 Å². The molecule has 2 heterocycles. The van der Waals surface area contributed by atoms with Crippen molar-refractivity contribution in [3.63, 3.8) is 0 Å². The van der Waals surface area contributed by atoms with Crippen molar-refractivity contribution in [1.29, 1.82) is 0 Å². The Kier molecular flexibility index (Phi) is 4.45. The van der Waals surface area contributed by atoms with Crippen molar-refractivity contribution in [3.8, 4) is 0 Å². The standard InChI is InChI=1S/C10H15NO2.ClH/c1-8-6-11-10(13-7-8)5-9-3-2-4-12-9;/h2-4,8,10-11H,5-7H2,1H3;1H. The van der Waals surface area contributed by atoms with Gasteiger partial charge in [-0.05, 0) is 18.1 Å². The molecule has 2 rings (SSSR count). The third kappa shape index (κ3) is 3.01. The Balaban J connectivity index is 0.000000980. The van der Waals surface area contributed by atoms with Gasteiger partial charge < -0.3 is 9.15 Å². The Labute approximate surface area is 90.2 Å². The van der Waals surface area contributed by atoms with E-state index in [0.717, 1.165) is 25.3 Å². The molecule has 0 radical (unpaired) electrons. The number of nitrogens with one attached hydrogen (secondary N) is 1. The first-order chi connectivity index (χ1) is 6.34. The molecular formula is C10H16ClNO2. The predicted octanol–water partition coefficient (Wildman–Crippen LogP) is 1.83. The Bertz CT molecular complexity index is 243. The fraction of sp³-hybridized carbons (Fsp3) is 0.600. The van der Waals surface area contributed by atoms with Crippen molar-refractivity contribution >= 4 is 12.4 Å². The van der Waals surface area contributed by atoms with Crippen molar-refractivity contribution in [1.82, 2.24) is 5.32 Å². The zero-order chi connectivity index (χ0) is 9.10. The van der Waals surface area contributed by atoms with Gasteiger partial charge >= 0.3 is 0 Å². The molecule has 0 spiro atoms. The molecule has 0 aromatic carbocycles. The van der Waals surface area contributed by atoms with Crippen LogP contribution < -0.4 is 5.32 Å². The number of rotatable bonds is 2. The lowest BCUT2D eigenvalue weighted by Gasteiger charge is -2.27. The summed E-state index contributed by atoms with van der Waals surface area (Å²) in [6.07, 6.45) is 2.64. The van der Waals surface area contributed by atoms with Crippen LogP contribution in [0.1, 0.15) is 12.7 Å². The van der Waals surface area contributed by atoms with E-state index in [-0.39, 0.29) is 18.6 Å². The molecule has 1 saturated heterocycles. The van der Waals surface area contributed by atoms with E-state index in [0.29, 0.717) is 5.92 Å². The molecular weight excluding hydrogens is 202 g/mol. The van der Waals surface area contributed by atoms with E-state index in [1.165, 1.54) is 0 Å². The van der Waals surface area contributed by atoms with Gasteiger partial charge in [0.15, 0.2) is 0 Å². The summed E-state index contributed by atoms with van der Waals surface area (Å²) in [5.74, 6) is 1.60. The molecule has 80 valence electrons. The maximum Gasteiger partial charge on any atom is 0.115 e. The van der Waals surface area contributed by atoms with Crippen LogP contribution in [0.2, 0.25) is 0 Å². The summed E-state index contributed by atoms with van der Waals surface area (Å²) in [4.78, 5) is 0. The molecule has 3 nitrogen and oxygen atoms in total. The van der Waals surface area contributed by atoms with E-state index in [9.17, 15) is 0 Å². The molecule has 4 heteroatoms. The van der Waals surface area contributed by atoms with E-state index >= 15 is 0 Å². The molecule has 2 atom stereocenters. The van der Waals surface area contributed by atoms with Crippen LogP contribution in [-0.2, 0) is 11.2 Å². The number of furan rings is 1.